The van der Waals surface area contributed by atoms with Crippen LogP contribution in [0.5, 0.6) is 0 Å². The van der Waals surface area contributed by atoms with E-state index >= 15 is 0 Å². The molecule has 1 atom stereocenters. The highest BCUT2D eigenvalue weighted by molar-refractivity contribution is 7.13. The number of H-pyrrole nitrogens is 1. The molecular formula is C18H19N3OS. The highest BCUT2D eigenvalue weighted by Gasteiger charge is 2.28. The van der Waals surface area contributed by atoms with Crippen LogP contribution in [0.15, 0.2) is 54.0 Å². The van der Waals surface area contributed by atoms with Crippen LogP contribution in [-0.2, 0) is 4.74 Å². The van der Waals surface area contributed by atoms with Crippen molar-refractivity contribution >= 4 is 11.3 Å². The minimum atomic E-state index is 0.205. The maximum atomic E-state index is 5.54. The lowest BCUT2D eigenvalue weighted by Gasteiger charge is -2.34. The molecule has 1 aliphatic rings. The van der Waals surface area contributed by atoms with Gasteiger partial charge in [-0.2, -0.15) is 5.10 Å². The summed E-state index contributed by atoms with van der Waals surface area (Å²) in [7, 11) is 0. The first kappa shape index (κ1) is 14.6. The van der Waals surface area contributed by atoms with Gasteiger partial charge in [-0.1, -0.05) is 36.4 Å². The summed E-state index contributed by atoms with van der Waals surface area (Å²) in [4.78, 5) is 3.69. The van der Waals surface area contributed by atoms with E-state index in [1.807, 2.05) is 6.20 Å². The van der Waals surface area contributed by atoms with Crippen LogP contribution in [0, 0.1) is 0 Å². The first-order valence-corrected chi connectivity index (χ1v) is 8.76. The van der Waals surface area contributed by atoms with Crippen molar-refractivity contribution in [1.29, 1.82) is 0 Å². The molecule has 2 aromatic heterocycles. The lowest BCUT2D eigenvalue weighted by Crippen LogP contribution is -2.39. The van der Waals surface area contributed by atoms with Crippen LogP contribution in [0.2, 0.25) is 0 Å². The number of aromatic nitrogens is 2. The van der Waals surface area contributed by atoms with Crippen LogP contribution in [0.1, 0.15) is 17.2 Å². The number of rotatable bonds is 4. The Hall–Kier alpha value is -1.95. The maximum Gasteiger partial charge on any atom is 0.107 e. The van der Waals surface area contributed by atoms with E-state index in [-0.39, 0.29) is 6.04 Å². The van der Waals surface area contributed by atoms with E-state index in [1.165, 1.54) is 16.0 Å². The van der Waals surface area contributed by atoms with Crippen molar-refractivity contribution in [2.45, 2.75) is 6.04 Å². The minimum Gasteiger partial charge on any atom is -0.379 e. The molecule has 23 heavy (non-hydrogen) atoms. The second-order valence-electron chi connectivity index (χ2n) is 5.63. The molecule has 3 aromatic rings. The third-order valence-electron chi connectivity index (χ3n) is 4.25. The molecular weight excluding hydrogens is 306 g/mol. The Morgan fingerprint density at radius 2 is 1.91 bits per heavy atom. The molecule has 1 fully saturated rings. The van der Waals surface area contributed by atoms with Gasteiger partial charge in [0.15, 0.2) is 0 Å². The highest BCUT2D eigenvalue weighted by atomic mass is 32.1. The Balaban J connectivity index is 1.78. The maximum absolute atomic E-state index is 5.54. The Bertz CT molecular complexity index is 733. The molecule has 0 amide bonds. The average Bonchev–Trinajstić information content (AvgIpc) is 3.28. The summed E-state index contributed by atoms with van der Waals surface area (Å²) in [5, 5.41) is 9.70. The summed E-state index contributed by atoms with van der Waals surface area (Å²) in [6.45, 7) is 3.45. The number of morpholine rings is 1. The van der Waals surface area contributed by atoms with E-state index in [9.17, 15) is 0 Å². The number of thiophene rings is 1. The fourth-order valence-electron chi connectivity index (χ4n) is 3.18. The zero-order valence-electron chi connectivity index (χ0n) is 12.8. The Kier molecular flexibility index (Phi) is 4.24. The fraction of sp³-hybridized carbons (Fsp3) is 0.278. The minimum absolute atomic E-state index is 0.205. The normalized spacial score (nSPS) is 17.2. The van der Waals surface area contributed by atoms with Crippen molar-refractivity contribution in [2.75, 3.05) is 26.3 Å². The van der Waals surface area contributed by atoms with E-state index in [0.29, 0.717) is 0 Å². The molecule has 118 valence electrons. The Morgan fingerprint density at radius 1 is 1.09 bits per heavy atom. The number of hydrogen-bond acceptors (Lipinski definition) is 4. The van der Waals surface area contributed by atoms with Crippen LogP contribution >= 0.6 is 11.3 Å². The molecule has 1 unspecified atom stereocenters. The van der Waals surface area contributed by atoms with Gasteiger partial charge < -0.3 is 4.74 Å². The molecule has 4 nitrogen and oxygen atoms in total. The molecule has 5 heteroatoms. The lowest BCUT2D eigenvalue weighted by molar-refractivity contribution is 0.0240. The first-order chi connectivity index (χ1) is 11.4. The van der Waals surface area contributed by atoms with Gasteiger partial charge in [0.2, 0.25) is 0 Å². The molecule has 0 spiro atoms. The topological polar surface area (TPSA) is 41.2 Å². The summed E-state index contributed by atoms with van der Waals surface area (Å²) in [5.74, 6) is 0. The third-order valence-corrected chi connectivity index (χ3v) is 5.12. The molecule has 0 saturated carbocycles. The zero-order valence-corrected chi connectivity index (χ0v) is 13.6. The van der Waals surface area contributed by atoms with Crippen molar-refractivity contribution in [3.05, 3.63) is 65.2 Å². The van der Waals surface area contributed by atoms with E-state index in [2.05, 4.69) is 62.9 Å². The zero-order chi connectivity index (χ0) is 15.5. The summed E-state index contributed by atoms with van der Waals surface area (Å²) in [6, 6.07) is 15.1. The number of aromatic amines is 1. The van der Waals surface area contributed by atoms with Gasteiger partial charge in [0, 0.05) is 24.8 Å². The van der Waals surface area contributed by atoms with Gasteiger partial charge >= 0.3 is 0 Å². The van der Waals surface area contributed by atoms with Gasteiger partial charge in [-0.3, -0.25) is 10.00 Å². The number of hydrogen-bond donors (Lipinski definition) is 1. The highest BCUT2D eigenvalue weighted by Crippen LogP contribution is 2.36. The predicted molar refractivity (Wildman–Crippen MR) is 92.6 cm³/mol. The van der Waals surface area contributed by atoms with Crippen LogP contribution in [0.3, 0.4) is 0 Å². The van der Waals surface area contributed by atoms with Crippen molar-refractivity contribution in [3.8, 4) is 10.6 Å². The summed E-state index contributed by atoms with van der Waals surface area (Å²) in [6.07, 6.45) is 2.04. The first-order valence-electron chi connectivity index (χ1n) is 7.88. The van der Waals surface area contributed by atoms with Crippen LogP contribution in [-0.4, -0.2) is 41.4 Å². The largest absolute Gasteiger partial charge is 0.379 e. The quantitative estimate of drug-likeness (QED) is 0.797. The molecule has 1 saturated heterocycles. The Morgan fingerprint density at radius 3 is 2.65 bits per heavy atom. The smallest absolute Gasteiger partial charge is 0.107 e. The SMILES string of the molecule is c1ccc(C(c2c[nH]nc2-c2cccs2)N2CCOCC2)cc1. The number of ether oxygens (including phenoxy) is 1. The number of benzene rings is 1. The molecule has 0 aliphatic carbocycles. The standard InChI is InChI=1S/C18H19N3OS/c1-2-5-14(6-3-1)18(21-8-10-22-11-9-21)15-13-19-20-17(15)16-7-4-12-23-16/h1-7,12-13,18H,8-11H2,(H,19,20). The summed E-state index contributed by atoms with van der Waals surface area (Å²) in [5.41, 5.74) is 3.59. The number of nitrogens with zero attached hydrogens (tertiary/aromatic N) is 2. The van der Waals surface area contributed by atoms with Crippen LogP contribution in [0.4, 0.5) is 0 Å². The van der Waals surface area contributed by atoms with Crippen LogP contribution < -0.4 is 0 Å². The molecule has 4 rings (SSSR count). The monoisotopic (exact) mass is 325 g/mol. The Labute approximate surface area is 139 Å². The van der Waals surface area contributed by atoms with E-state index in [0.717, 1.165) is 32.0 Å². The van der Waals surface area contributed by atoms with Crippen molar-refractivity contribution in [3.63, 3.8) is 0 Å². The molecule has 3 heterocycles. The van der Waals surface area contributed by atoms with Gasteiger partial charge in [-0.25, -0.2) is 0 Å². The second-order valence-corrected chi connectivity index (χ2v) is 6.58. The van der Waals surface area contributed by atoms with Gasteiger partial charge in [-0.05, 0) is 17.0 Å². The lowest BCUT2D eigenvalue weighted by atomic mass is 9.96. The fourth-order valence-corrected chi connectivity index (χ4v) is 3.91. The van der Waals surface area contributed by atoms with E-state index in [4.69, 9.17) is 4.74 Å². The van der Waals surface area contributed by atoms with Gasteiger partial charge in [0.05, 0.1) is 24.1 Å². The van der Waals surface area contributed by atoms with Crippen LogP contribution in [0.25, 0.3) is 10.6 Å². The predicted octanol–water partition coefficient (Wildman–Crippen LogP) is 3.56. The third kappa shape index (κ3) is 2.95. The van der Waals surface area contributed by atoms with E-state index < -0.39 is 0 Å². The summed E-state index contributed by atoms with van der Waals surface area (Å²) >= 11 is 1.73. The molecule has 0 radical (unpaired) electrons. The van der Waals surface area contributed by atoms with E-state index in [1.54, 1.807) is 11.3 Å². The van der Waals surface area contributed by atoms with Crippen molar-refractivity contribution < 1.29 is 4.74 Å². The van der Waals surface area contributed by atoms with Gasteiger partial charge in [0.1, 0.15) is 5.69 Å². The van der Waals surface area contributed by atoms with Crippen molar-refractivity contribution in [2.24, 2.45) is 0 Å². The van der Waals surface area contributed by atoms with Crippen molar-refractivity contribution in [1.82, 2.24) is 15.1 Å². The van der Waals surface area contributed by atoms with Gasteiger partial charge in [-0.15, -0.1) is 11.3 Å². The van der Waals surface area contributed by atoms with Gasteiger partial charge in [0.25, 0.3) is 0 Å². The summed E-state index contributed by atoms with van der Waals surface area (Å²) < 4.78 is 5.54. The molecule has 1 aromatic carbocycles. The number of nitrogens with one attached hydrogen (secondary N) is 1. The molecule has 1 aliphatic heterocycles. The molecule has 0 bridgehead atoms. The second kappa shape index (κ2) is 6.66. The molecule has 1 N–H and O–H groups in total. The average molecular weight is 325 g/mol.